The predicted octanol–water partition coefficient (Wildman–Crippen LogP) is 0.724. The molecule has 0 heterocycles. The Kier molecular flexibility index (Phi) is 8.27. The van der Waals surface area contributed by atoms with E-state index in [2.05, 4.69) is 4.74 Å². The fraction of sp³-hybridized carbons (Fsp3) is 0.286. The number of carbonyl (C=O) groups excluding carboxylic acids is 1. The Morgan fingerprint density at radius 3 is 1.71 bits per heavy atom. The summed E-state index contributed by atoms with van der Waals surface area (Å²) < 4.78 is 58.9. The van der Waals surface area contributed by atoms with E-state index in [9.17, 15) is 52.1 Å². The molecule has 17 heteroatoms. The van der Waals surface area contributed by atoms with Crippen LogP contribution in [0.3, 0.4) is 0 Å². The van der Waals surface area contributed by atoms with E-state index in [-0.39, 0.29) is 15.7 Å². The highest BCUT2D eigenvalue weighted by Crippen LogP contribution is 2.32. The summed E-state index contributed by atoms with van der Waals surface area (Å²) in [6.45, 7) is -0.967. The lowest BCUT2D eigenvalue weighted by molar-refractivity contribution is -0.385. The third kappa shape index (κ3) is 5.70. The molecule has 0 amide bonds. The standard InChI is InChI=1S/C21H21N3O12S2/c1-36-21(27)13-10-14(20(26)19(25)11-13)12-22(37(32,33)17-6-2-15(3-7-17)23(28)29)38(34,35)18-8-4-16(5-9-18)24(30)31/h2-9,11,14,19-20,25-26H,10,12H2,1H3/t14-,19-,20+/m0/s1. The smallest absolute Gasteiger partial charge is 0.333 e. The van der Waals surface area contributed by atoms with E-state index >= 15 is 0 Å². The van der Waals surface area contributed by atoms with Crippen molar-refractivity contribution < 1.29 is 46.4 Å². The Morgan fingerprint density at radius 2 is 1.34 bits per heavy atom. The van der Waals surface area contributed by atoms with Crippen LogP contribution >= 0.6 is 0 Å². The molecule has 3 rings (SSSR count). The molecule has 0 unspecified atom stereocenters. The number of aliphatic hydroxyl groups excluding tert-OH is 2. The van der Waals surface area contributed by atoms with Gasteiger partial charge in [0.1, 0.15) is 0 Å². The number of ether oxygens (including phenoxy) is 1. The maximum absolute atomic E-state index is 13.6. The molecule has 0 fully saturated rings. The molecule has 0 bridgehead atoms. The summed E-state index contributed by atoms with van der Waals surface area (Å²) in [4.78, 5) is 31.1. The number of hydrogen-bond acceptors (Lipinski definition) is 12. The van der Waals surface area contributed by atoms with Crippen LogP contribution in [0.25, 0.3) is 0 Å². The van der Waals surface area contributed by atoms with Gasteiger partial charge in [-0.05, 0) is 36.8 Å². The first-order chi connectivity index (χ1) is 17.7. The van der Waals surface area contributed by atoms with Crippen molar-refractivity contribution in [1.82, 2.24) is 3.71 Å². The second kappa shape index (κ2) is 10.9. The molecule has 1 aliphatic rings. The first kappa shape index (κ1) is 28.8. The Morgan fingerprint density at radius 1 is 0.921 bits per heavy atom. The lowest BCUT2D eigenvalue weighted by Crippen LogP contribution is -2.47. The van der Waals surface area contributed by atoms with Crippen molar-refractivity contribution in [1.29, 1.82) is 0 Å². The van der Waals surface area contributed by atoms with Gasteiger partial charge in [-0.1, -0.05) is 3.71 Å². The number of nitro groups is 2. The van der Waals surface area contributed by atoms with E-state index in [4.69, 9.17) is 0 Å². The molecule has 2 aromatic rings. The molecule has 38 heavy (non-hydrogen) atoms. The van der Waals surface area contributed by atoms with Crippen molar-refractivity contribution in [2.45, 2.75) is 28.4 Å². The molecule has 2 aromatic carbocycles. The van der Waals surface area contributed by atoms with E-state index in [1.165, 1.54) is 0 Å². The van der Waals surface area contributed by atoms with Crippen LogP contribution < -0.4 is 0 Å². The van der Waals surface area contributed by atoms with E-state index in [0.29, 0.717) is 0 Å². The summed E-state index contributed by atoms with van der Waals surface area (Å²) in [5.41, 5.74) is -1.06. The molecule has 0 spiro atoms. The summed E-state index contributed by atoms with van der Waals surface area (Å²) >= 11 is 0. The van der Waals surface area contributed by atoms with Gasteiger partial charge in [0.2, 0.25) is 0 Å². The zero-order valence-electron chi connectivity index (χ0n) is 19.5. The van der Waals surface area contributed by atoms with Gasteiger partial charge < -0.3 is 14.9 Å². The van der Waals surface area contributed by atoms with E-state index in [1.807, 2.05) is 0 Å². The molecule has 2 N–H and O–H groups in total. The highest BCUT2D eigenvalue weighted by Gasteiger charge is 2.43. The molecular formula is C21H21N3O12S2. The number of sulfonamides is 2. The van der Waals surface area contributed by atoms with Gasteiger partial charge in [0.05, 0.1) is 39.0 Å². The van der Waals surface area contributed by atoms with Gasteiger partial charge in [-0.15, -0.1) is 0 Å². The molecule has 0 radical (unpaired) electrons. The van der Waals surface area contributed by atoms with Gasteiger partial charge in [-0.3, -0.25) is 20.2 Å². The van der Waals surface area contributed by atoms with E-state index < -0.39 is 81.7 Å². The van der Waals surface area contributed by atoms with Crippen LogP contribution in [0.5, 0.6) is 0 Å². The van der Waals surface area contributed by atoms with Gasteiger partial charge in [0.15, 0.2) is 0 Å². The third-order valence-electron chi connectivity index (χ3n) is 5.75. The third-order valence-corrected chi connectivity index (χ3v) is 10.0. The highest BCUT2D eigenvalue weighted by molar-refractivity contribution is 8.04. The predicted molar refractivity (Wildman–Crippen MR) is 127 cm³/mol. The van der Waals surface area contributed by atoms with Crippen LogP contribution in [-0.4, -0.2) is 72.4 Å². The number of methoxy groups -OCH3 is 1. The lowest BCUT2D eigenvalue weighted by Gasteiger charge is -2.33. The van der Waals surface area contributed by atoms with Crippen molar-refractivity contribution in [2.75, 3.05) is 13.7 Å². The average molecular weight is 572 g/mol. The van der Waals surface area contributed by atoms with Crippen LogP contribution in [0.1, 0.15) is 6.42 Å². The molecular weight excluding hydrogens is 550 g/mol. The lowest BCUT2D eigenvalue weighted by atomic mass is 9.85. The summed E-state index contributed by atoms with van der Waals surface area (Å²) in [5.74, 6) is -2.21. The summed E-state index contributed by atoms with van der Waals surface area (Å²) in [6, 6.07) is 6.66. The molecule has 0 saturated carbocycles. The van der Waals surface area contributed by atoms with Gasteiger partial charge >= 0.3 is 5.97 Å². The summed E-state index contributed by atoms with van der Waals surface area (Å²) in [5, 5.41) is 42.6. The van der Waals surface area contributed by atoms with Crippen molar-refractivity contribution >= 4 is 37.4 Å². The Hall–Kier alpha value is -3.77. The summed E-state index contributed by atoms with van der Waals surface area (Å²) in [6.07, 6.45) is -2.71. The van der Waals surface area contributed by atoms with Crippen LogP contribution in [0.15, 0.2) is 70.0 Å². The molecule has 0 saturated heterocycles. The number of carbonyl (C=O) groups is 1. The Labute approximate surface area is 216 Å². The van der Waals surface area contributed by atoms with Crippen LogP contribution in [0.4, 0.5) is 11.4 Å². The minimum Gasteiger partial charge on any atom is -0.466 e. The Bertz CT molecular complexity index is 1400. The largest absolute Gasteiger partial charge is 0.466 e. The number of rotatable bonds is 9. The maximum Gasteiger partial charge on any atom is 0.333 e. The molecule has 0 aromatic heterocycles. The minimum atomic E-state index is -5.00. The van der Waals surface area contributed by atoms with Crippen LogP contribution in [-0.2, 0) is 29.6 Å². The topological polar surface area (TPSA) is 225 Å². The first-order valence-electron chi connectivity index (χ1n) is 10.6. The van der Waals surface area contributed by atoms with Gasteiger partial charge in [-0.2, -0.15) is 0 Å². The molecule has 3 atom stereocenters. The second-order valence-corrected chi connectivity index (χ2v) is 12.1. The molecule has 204 valence electrons. The fourth-order valence-corrected chi connectivity index (χ4v) is 7.50. The normalized spacial score (nSPS) is 20.0. The zero-order valence-corrected chi connectivity index (χ0v) is 21.1. The molecule has 15 nitrogen and oxygen atoms in total. The van der Waals surface area contributed by atoms with Gasteiger partial charge in [0.25, 0.3) is 31.4 Å². The fourth-order valence-electron chi connectivity index (χ4n) is 3.74. The van der Waals surface area contributed by atoms with Crippen molar-refractivity contribution in [2.24, 2.45) is 5.92 Å². The van der Waals surface area contributed by atoms with Gasteiger partial charge in [0, 0.05) is 42.3 Å². The molecule has 0 aliphatic heterocycles. The van der Waals surface area contributed by atoms with Crippen LogP contribution in [0.2, 0.25) is 0 Å². The van der Waals surface area contributed by atoms with Crippen molar-refractivity contribution in [3.63, 3.8) is 0 Å². The minimum absolute atomic E-state index is 0.0170. The van der Waals surface area contributed by atoms with Crippen LogP contribution in [0, 0.1) is 26.1 Å². The number of esters is 1. The maximum atomic E-state index is 13.6. The number of non-ortho nitro benzene ring substituents is 2. The number of nitro benzene ring substituents is 2. The number of aliphatic hydroxyl groups is 2. The highest BCUT2D eigenvalue weighted by atomic mass is 32.3. The second-order valence-electron chi connectivity index (χ2n) is 8.10. The monoisotopic (exact) mass is 571 g/mol. The van der Waals surface area contributed by atoms with E-state index in [0.717, 1.165) is 61.7 Å². The first-order valence-corrected chi connectivity index (χ1v) is 13.5. The zero-order chi connectivity index (χ0) is 28.4. The quantitative estimate of drug-likeness (QED) is 0.241. The van der Waals surface area contributed by atoms with Crippen molar-refractivity contribution in [3.8, 4) is 0 Å². The number of hydrogen-bond donors (Lipinski definition) is 2. The van der Waals surface area contributed by atoms with E-state index in [1.54, 1.807) is 0 Å². The van der Waals surface area contributed by atoms with Crippen molar-refractivity contribution in [3.05, 3.63) is 80.4 Å². The number of benzene rings is 2. The average Bonchev–Trinajstić information content (AvgIpc) is 2.88. The van der Waals surface area contributed by atoms with Gasteiger partial charge in [-0.25, -0.2) is 21.6 Å². The molecule has 1 aliphatic carbocycles. The number of nitrogens with zero attached hydrogens (tertiary/aromatic N) is 3. The summed E-state index contributed by atoms with van der Waals surface area (Å²) in [7, 11) is -8.94. The SMILES string of the molecule is COC(=O)C1=C[C@H](O)[C@H](O)[C@H](CN(S(=O)(=O)c2ccc([N+](=O)[O-])cc2)S(=O)(=O)c2ccc([N+](=O)[O-])cc2)C1. The Balaban J connectivity index is 2.12.